The maximum Gasteiger partial charge on any atom is 0.266 e. The summed E-state index contributed by atoms with van der Waals surface area (Å²) in [7, 11) is -2.11. The zero-order valence-corrected chi connectivity index (χ0v) is 20.6. The lowest BCUT2D eigenvalue weighted by Gasteiger charge is -2.21. The van der Waals surface area contributed by atoms with Crippen molar-refractivity contribution < 1.29 is 17.8 Å². The first-order valence-electron chi connectivity index (χ1n) is 12.0. The molecule has 2 fully saturated rings. The molecule has 4 heterocycles. The molecule has 0 atom stereocenters. The van der Waals surface area contributed by atoms with E-state index in [1.807, 2.05) is 19.2 Å². The number of carbonyl (C=O) groups is 1. The van der Waals surface area contributed by atoms with Crippen LogP contribution in [0.1, 0.15) is 36.0 Å². The van der Waals surface area contributed by atoms with Gasteiger partial charge in [-0.3, -0.25) is 9.35 Å². The second-order valence-corrected chi connectivity index (χ2v) is 10.8. The average molecular weight is 499 g/mol. The maximum absolute atomic E-state index is 12.3. The number of nitrogens with zero attached hydrogens (tertiary/aromatic N) is 5. The van der Waals surface area contributed by atoms with E-state index in [1.165, 1.54) is 0 Å². The topological polar surface area (TPSA) is 121 Å². The van der Waals surface area contributed by atoms with Crippen molar-refractivity contribution in [2.45, 2.75) is 25.7 Å². The Morgan fingerprint density at radius 3 is 2.26 bits per heavy atom. The lowest BCUT2D eigenvalue weighted by molar-refractivity contribution is 0.0956. The first kappa shape index (κ1) is 23.6. The Morgan fingerprint density at radius 1 is 1.00 bits per heavy atom. The summed E-state index contributed by atoms with van der Waals surface area (Å²) < 4.78 is 32.6. The van der Waals surface area contributed by atoms with Gasteiger partial charge < -0.3 is 19.7 Å². The molecular weight excluding hydrogens is 468 g/mol. The summed E-state index contributed by atoms with van der Waals surface area (Å²) in [5.74, 6) is 0.870. The fraction of sp³-hybridized carbons (Fsp3) is 0.458. The Kier molecular flexibility index (Phi) is 6.37. The fourth-order valence-electron chi connectivity index (χ4n) is 4.86. The number of anilines is 2. The van der Waals surface area contributed by atoms with E-state index < -0.39 is 21.8 Å². The van der Waals surface area contributed by atoms with Gasteiger partial charge in [0.15, 0.2) is 0 Å². The summed E-state index contributed by atoms with van der Waals surface area (Å²) in [6.07, 6.45) is 4.65. The van der Waals surface area contributed by atoms with Crippen LogP contribution in [0.3, 0.4) is 0 Å². The van der Waals surface area contributed by atoms with Gasteiger partial charge in [-0.05, 0) is 49.4 Å². The Bertz CT molecular complexity index is 1340. The quantitative estimate of drug-likeness (QED) is 0.477. The maximum atomic E-state index is 12.3. The monoisotopic (exact) mass is 498 g/mol. The molecule has 0 unspecified atom stereocenters. The molecule has 1 amide bonds. The van der Waals surface area contributed by atoms with Crippen LogP contribution in [-0.4, -0.2) is 71.9 Å². The molecular formula is C24H30N6O4S. The molecule has 186 valence electrons. The summed E-state index contributed by atoms with van der Waals surface area (Å²) in [6.45, 7) is 3.81. The van der Waals surface area contributed by atoms with E-state index >= 15 is 0 Å². The lowest BCUT2D eigenvalue weighted by Crippen LogP contribution is -2.28. The van der Waals surface area contributed by atoms with Crippen LogP contribution in [0.4, 0.5) is 11.8 Å². The van der Waals surface area contributed by atoms with Gasteiger partial charge in [0.05, 0.1) is 16.8 Å². The molecule has 5 rings (SSSR count). The zero-order chi connectivity index (χ0) is 24.6. The van der Waals surface area contributed by atoms with Gasteiger partial charge in [-0.15, -0.1) is 0 Å². The van der Waals surface area contributed by atoms with E-state index in [2.05, 4.69) is 25.8 Å². The Labute approximate surface area is 204 Å². The van der Waals surface area contributed by atoms with Gasteiger partial charge >= 0.3 is 0 Å². The summed E-state index contributed by atoms with van der Waals surface area (Å²) in [6, 6.07) is 9.28. The molecule has 10 nitrogen and oxygen atoms in total. The van der Waals surface area contributed by atoms with Crippen LogP contribution < -0.4 is 15.1 Å². The van der Waals surface area contributed by atoms with E-state index in [-0.39, 0.29) is 6.54 Å². The highest BCUT2D eigenvalue weighted by molar-refractivity contribution is 7.85. The van der Waals surface area contributed by atoms with Crippen molar-refractivity contribution in [1.82, 2.24) is 19.9 Å². The molecule has 0 aliphatic carbocycles. The van der Waals surface area contributed by atoms with Crippen LogP contribution in [0.5, 0.6) is 0 Å². The van der Waals surface area contributed by atoms with Gasteiger partial charge in [-0.25, -0.2) is 0 Å². The van der Waals surface area contributed by atoms with Gasteiger partial charge in [-0.1, -0.05) is 12.1 Å². The molecule has 0 bridgehead atoms. The van der Waals surface area contributed by atoms with E-state index in [0.717, 1.165) is 85.9 Å². The SMILES string of the molecule is Cn1c(-c2ccc(C(=O)NCCS(=O)(=O)O)cc2)cc2c(N3CCCC3)nc(N3CCCC3)nc21. The minimum absolute atomic E-state index is 0.153. The highest BCUT2D eigenvalue weighted by Gasteiger charge is 2.24. The highest BCUT2D eigenvalue weighted by atomic mass is 32.2. The van der Waals surface area contributed by atoms with Crippen LogP contribution in [0, 0.1) is 0 Å². The number of fused-ring (bicyclic) bond motifs is 1. The minimum Gasteiger partial charge on any atom is -0.356 e. The third-order valence-corrected chi connectivity index (χ3v) is 7.46. The summed E-state index contributed by atoms with van der Waals surface area (Å²) >= 11 is 0. The molecule has 2 saturated heterocycles. The smallest absolute Gasteiger partial charge is 0.266 e. The summed E-state index contributed by atoms with van der Waals surface area (Å²) in [5, 5.41) is 3.53. The molecule has 2 aliphatic rings. The van der Waals surface area contributed by atoms with Gasteiger partial charge in [-0.2, -0.15) is 18.4 Å². The number of aryl methyl sites for hydroxylation is 1. The van der Waals surface area contributed by atoms with Gasteiger partial charge in [0.1, 0.15) is 11.5 Å². The first-order chi connectivity index (χ1) is 16.8. The largest absolute Gasteiger partial charge is 0.356 e. The predicted octanol–water partition coefficient (Wildman–Crippen LogP) is 2.45. The molecule has 1 aromatic carbocycles. The number of rotatable bonds is 7. The normalized spacial score (nSPS) is 16.4. The number of nitrogens with one attached hydrogen (secondary N) is 1. The Morgan fingerprint density at radius 2 is 1.63 bits per heavy atom. The van der Waals surface area contributed by atoms with Gasteiger partial charge in [0, 0.05) is 45.3 Å². The molecule has 2 N–H and O–H groups in total. The third kappa shape index (κ3) is 4.96. The van der Waals surface area contributed by atoms with Crippen molar-refractivity contribution in [1.29, 1.82) is 0 Å². The number of carbonyl (C=O) groups excluding carboxylic acids is 1. The van der Waals surface area contributed by atoms with Crippen molar-refractivity contribution in [3.05, 3.63) is 35.9 Å². The van der Waals surface area contributed by atoms with E-state index in [9.17, 15) is 13.2 Å². The zero-order valence-electron chi connectivity index (χ0n) is 19.8. The molecule has 0 spiro atoms. The van der Waals surface area contributed by atoms with Crippen LogP contribution in [0.15, 0.2) is 30.3 Å². The number of aromatic nitrogens is 3. The van der Waals surface area contributed by atoms with Crippen molar-refractivity contribution in [2.75, 3.05) is 48.3 Å². The van der Waals surface area contributed by atoms with Gasteiger partial charge in [0.25, 0.3) is 16.0 Å². The number of hydrogen-bond donors (Lipinski definition) is 2. The average Bonchev–Trinajstić information content (AvgIpc) is 3.60. The van der Waals surface area contributed by atoms with Crippen LogP contribution in [-0.2, 0) is 17.2 Å². The molecule has 0 saturated carbocycles. The first-order valence-corrected chi connectivity index (χ1v) is 13.6. The molecule has 2 aromatic heterocycles. The molecule has 11 heteroatoms. The number of amides is 1. The van der Waals surface area contributed by atoms with Crippen LogP contribution in [0.25, 0.3) is 22.3 Å². The second-order valence-electron chi connectivity index (χ2n) is 9.18. The second kappa shape index (κ2) is 9.46. The Hall–Kier alpha value is -3.18. The number of hydrogen-bond acceptors (Lipinski definition) is 7. The fourth-order valence-corrected chi connectivity index (χ4v) is 5.22. The Balaban J connectivity index is 1.46. The van der Waals surface area contributed by atoms with Gasteiger partial charge in [0.2, 0.25) is 5.95 Å². The van der Waals surface area contributed by atoms with Crippen molar-refractivity contribution >= 4 is 38.8 Å². The van der Waals surface area contributed by atoms with Crippen LogP contribution in [0.2, 0.25) is 0 Å². The van der Waals surface area contributed by atoms with Crippen molar-refractivity contribution in [3.63, 3.8) is 0 Å². The van der Waals surface area contributed by atoms with Crippen molar-refractivity contribution in [2.24, 2.45) is 7.05 Å². The third-order valence-electron chi connectivity index (χ3n) is 6.74. The molecule has 35 heavy (non-hydrogen) atoms. The molecule has 3 aromatic rings. The molecule has 2 aliphatic heterocycles. The molecule has 0 radical (unpaired) electrons. The lowest BCUT2D eigenvalue weighted by atomic mass is 10.1. The van der Waals surface area contributed by atoms with Crippen molar-refractivity contribution in [3.8, 4) is 11.3 Å². The number of benzene rings is 1. The van der Waals surface area contributed by atoms with E-state index in [4.69, 9.17) is 14.5 Å². The van der Waals surface area contributed by atoms with E-state index in [1.54, 1.807) is 12.1 Å². The minimum atomic E-state index is -4.12. The van der Waals surface area contributed by atoms with Crippen LogP contribution >= 0.6 is 0 Å². The van der Waals surface area contributed by atoms with E-state index in [0.29, 0.717) is 5.56 Å². The predicted molar refractivity (Wildman–Crippen MR) is 136 cm³/mol. The standard InChI is InChI=1S/C24H30N6O4S/c1-28-20(17-6-8-18(9-7-17)23(31)25-10-15-35(32,33)34)16-19-21(28)26-24(30-13-4-5-14-30)27-22(19)29-11-2-3-12-29/h6-9,16H,2-5,10-15H2,1H3,(H,25,31)(H,32,33,34). The summed E-state index contributed by atoms with van der Waals surface area (Å²) in [4.78, 5) is 26.9. The highest BCUT2D eigenvalue weighted by Crippen LogP contribution is 2.35. The summed E-state index contributed by atoms with van der Waals surface area (Å²) in [5.41, 5.74) is 3.23.